The molecule has 1 fully saturated rings. The van der Waals surface area contributed by atoms with Crippen LogP contribution in [0.3, 0.4) is 0 Å². The van der Waals surface area contributed by atoms with Crippen molar-refractivity contribution >= 4 is 11.6 Å². The average Bonchev–Trinajstić information content (AvgIpc) is 3.21. The summed E-state index contributed by atoms with van der Waals surface area (Å²) in [6.45, 7) is 2.25. The molecule has 0 atom stereocenters. The van der Waals surface area contributed by atoms with Crippen molar-refractivity contribution in [2.24, 2.45) is 0 Å². The molecule has 0 aromatic heterocycles. The summed E-state index contributed by atoms with van der Waals surface area (Å²) in [7, 11) is 0. The van der Waals surface area contributed by atoms with Crippen LogP contribution in [0.15, 0.2) is 42.5 Å². The van der Waals surface area contributed by atoms with Crippen LogP contribution in [0.4, 0.5) is 5.69 Å². The predicted molar refractivity (Wildman–Crippen MR) is 83.3 cm³/mol. The maximum atomic E-state index is 12.8. The molecule has 22 heavy (non-hydrogen) atoms. The SMILES string of the molecule is Cc1ccccc1NC(=O)C1(c2ccc3c(c2)OCO3)CC1. The lowest BCUT2D eigenvalue weighted by atomic mass is 9.94. The fraction of sp³-hybridized carbons (Fsp3) is 0.278. The van der Waals surface area contributed by atoms with Gasteiger partial charge in [-0.1, -0.05) is 24.3 Å². The molecule has 1 heterocycles. The van der Waals surface area contributed by atoms with Gasteiger partial charge in [-0.2, -0.15) is 0 Å². The van der Waals surface area contributed by atoms with Crippen LogP contribution in [-0.2, 0) is 10.2 Å². The Labute approximate surface area is 129 Å². The third-order valence-electron chi connectivity index (χ3n) is 4.50. The topological polar surface area (TPSA) is 47.6 Å². The van der Waals surface area contributed by atoms with E-state index in [0.29, 0.717) is 0 Å². The number of benzene rings is 2. The number of carbonyl (C=O) groups excluding carboxylic acids is 1. The summed E-state index contributed by atoms with van der Waals surface area (Å²) in [5, 5.41) is 3.07. The van der Waals surface area contributed by atoms with Crippen LogP contribution >= 0.6 is 0 Å². The first kappa shape index (κ1) is 13.2. The Kier molecular flexibility index (Phi) is 2.86. The number of nitrogens with one attached hydrogen (secondary N) is 1. The van der Waals surface area contributed by atoms with Crippen LogP contribution in [0.5, 0.6) is 11.5 Å². The van der Waals surface area contributed by atoms with E-state index < -0.39 is 5.41 Å². The Morgan fingerprint density at radius 2 is 1.86 bits per heavy atom. The van der Waals surface area contributed by atoms with Gasteiger partial charge in [0.05, 0.1) is 5.41 Å². The van der Waals surface area contributed by atoms with Gasteiger partial charge in [-0.25, -0.2) is 0 Å². The quantitative estimate of drug-likeness (QED) is 0.944. The monoisotopic (exact) mass is 295 g/mol. The number of hydrogen-bond acceptors (Lipinski definition) is 3. The molecule has 2 aliphatic rings. The number of ether oxygens (including phenoxy) is 2. The van der Waals surface area contributed by atoms with Gasteiger partial charge in [0.2, 0.25) is 12.7 Å². The van der Waals surface area contributed by atoms with E-state index in [9.17, 15) is 4.79 Å². The smallest absolute Gasteiger partial charge is 0.235 e. The van der Waals surface area contributed by atoms with Crippen LogP contribution in [0, 0.1) is 6.92 Å². The summed E-state index contributed by atoms with van der Waals surface area (Å²) in [6.07, 6.45) is 1.73. The largest absolute Gasteiger partial charge is 0.454 e. The number of fused-ring (bicyclic) bond motifs is 1. The first-order chi connectivity index (χ1) is 10.7. The number of aryl methyl sites for hydroxylation is 1. The summed E-state index contributed by atoms with van der Waals surface area (Å²) < 4.78 is 10.8. The molecule has 4 rings (SSSR count). The number of hydrogen-bond donors (Lipinski definition) is 1. The molecule has 112 valence electrons. The third kappa shape index (κ3) is 2.03. The zero-order valence-electron chi connectivity index (χ0n) is 12.4. The second kappa shape index (κ2) is 4.77. The maximum Gasteiger partial charge on any atom is 0.235 e. The van der Waals surface area contributed by atoms with E-state index in [2.05, 4.69) is 5.32 Å². The molecular formula is C18H17NO3. The highest BCUT2D eigenvalue weighted by Crippen LogP contribution is 2.51. The van der Waals surface area contributed by atoms with Gasteiger partial charge in [-0.05, 0) is 49.1 Å². The van der Waals surface area contributed by atoms with Crippen molar-refractivity contribution in [2.75, 3.05) is 12.1 Å². The van der Waals surface area contributed by atoms with Crippen molar-refractivity contribution in [2.45, 2.75) is 25.2 Å². The second-order valence-electron chi connectivity index (χ2n) is 5.92. The molecule has 1 saturated carbocycles. The van der Waals surface area contributed by atoms with Gasteiger partial charge in [0.25, 0.3) is 0 Å². The number of para-hydroxylation sites is 1. The van der Waals surface area contributed by atoms with E-state index in [4.69, 9.17) is 9.47 Å². The number of amides is 1. The first-order valence-electron chi connectivity index (χ1n) is 7.46. The Morgan fingerprint density at radius 1 is 1.09 bits per heavy atom. The molecule has 0 saturated heterocycles. The Morgan fingerprint density at radius 3 is 2.64 bits per heavy atom. The van der Waals surface area contributed by atoms with Gasteiger partial charge in [-0.15, -0.1) is 0 Å². The molecule has 1 amide bonds. The van der Waals surface area contributed by atoms with E-state index in [1.807, 2.05) is 49.4 Å². The standard InChI is InChI=1S/C18H17NO3/c1-12-4-2-3-5-14(12)19-17(20)18(8-9-18)13-6-7-15-16(10-13)22-11-21-15/h2-7,10H,8-9,11H2,1H3,(H,19,20). The Hall–Kier alpha value is -2.49. The van der Waals surface area contributed by atoms with Gasteiger partial charge in [0.15, 0.2) is 11.5 Å². The van der Waals surface area contributed by atoms with Crippen molar-refractivity contribution in [3.63, 3.8) is 0 Å². The van der Waals surface area contributed by atoms with E-state index in [-0.39, 0.29) is 12.7 Å². The zero-order valence-corrected chi connectivity index (χ0v) is 12.4. The summed E-state index contributed by atoms with van der Waals surface area (Å²) in [5.41, 5.74) is 2.52. The fourth-order valence-corrected chi connectivity index (χ4v) is 2.92. The molecule has 0 bridgehead atoms. The highest BCUT2D eigenvalue weighted by Gasteiger charge is 2.51. The molecule has 2 aromatic carbocycles. The first-order valence-corrected chi connectivity index (χ1v) is 7.46. The average molecular weight is 295 g/mol. The summed E-state index contributed by atoms with van der Waals surface area (Å²) in [5.74, 6) is 1.53. The summed E-state index contributed by atoms with van der Waals surface area (Å²) in [4.78, 5) is 12.8. The highest BCUT2D eigenvalue weighted by molar-refractivity contribution is 6.01. The van der Waals surface area contributed by atoms with E-state index >= 15 is 0 Å². The van der Waals surface area contributed by atoms with Gasteiger partial charge < -0.3 is 14.8 Å². The van der Waals surface area contributed by atoms with Crippen molar-refractivity contribution in [1.82, 2.24) is 0 Å². The van der Waals surface area contributed by atoms with Crippen molar-refractivity contribution in [1.29, 1.82) is 0 Å². The normalized spacial score (nSPS) is 17.1. The number of anilines is 1. The lowest BCUT2D eigenvalue weighted by molar-refractivity contribution is -0.118. The van der Waals surface area contributed by atoms with Crippen LogP contribution in [0.2, 0.25) is 0 Å². The molecule has 0 spiro atoms. The van der Waals surface area contributed by atoms with Gasteiger partial charge in [-0.3, -0.25) is 4.79 Å². The lowest BCUT2D eigenvalue weighted by Crippen LogP contribution is -2.28. The number of carbonyl (C=O) groups is 1. The maximum absolute atomic E-state index is 12.8. The molecule has 1 N–H and O–H groups in total. The van der Waals surface area contributed by atoms with Crippen molar-refractivity contribution < 1.29 is 14.3 Å². The molecule has 4 heteroatoms. The van der Waals surface area contributed by atoms with Gasteiger partial charge in [0, 0.05) is 5.69 Å². The van der Waals surface area contributed by atoms with Gasteiger partial charge >= 0.3 is 0 Å². The highest BCUT2D eigenvalue weighted by atomic mass is 16.7. The Balaban J connectivity index is 1.61. The lowest BCUT2D eigenvalue weighted by Gasteiger charge is -2.17. The van der Waals surface area contributed by atoms with Gasteiger partial charge in [0.1, 0.15) is 0 Å². The Bertz CT molecular complexity index is 750. The molecule has 0 radical (unpaired) electrons. The molecule has 4 nitrogen and oxygen atoms in total. The minimum atomic E-state index is -0.427. The van der Waals surface area contributed by atoms with Crippen LogP contribution in [0.25, 0.3) is 0 Å². The molecule has 1 aliphatic heterocycles. The second-order valence-corrected chi connectivity index (χ2v) is 5.92. The molecule has 2 aromatic rings. The predicted octanol–water partition coefficient (Wildman–Crippen LogP) is 3.39. The van der Waals surface area contributed by atoms with E-state index in [1.54, 1.807) is 0 Å². The minimum Gasteiger partial charge on any atom is -0.454 e. The van der Waals surface area contributed by atoms with E-state index in [1.165, 1.54) is 0 Å². The molecule has 0 unspecified atom stereocenters. The van der Waals surface area contributed by atoms with Crippen LogP contribution < -0.4 is 14.8 Å². The number of rotatable bonds is 3. The van der Waals surface area contributed by atoms with Crippen molar-refractivity contribution in [3.8, 4) is 11.5 Å². The molecule has 1 aliphatic carbocycles. The molecular weight excluding hydrogens is 278 g/mol. The van der Waals surface area contributed by atoms with E-state index in [0.717, 1.165) is 41.2 Å². The third-order valence-corrected chi connectivity index (χ3v) is 4.50. The fourth-order valence-electron chi connectivity index (χ4n) is 2.92. The minimum absolute atomic E-state index is 0.0562. The van der Waals surface area contributed by atoms with Crippen molar-refractivity contribution in [3.05, 3.63) is 53.6 Å². The summed E-state index contributed by atoms with van der Waals surface area (Å²) >= 11 is 0. The van der Waals surface area contributed by atoms with Crippen LogP contribution in [0.1, 0.15) is 24.0 Å². The zero-order chi connectivity index (χ0) is 15.2. The summed E-state index contributed by atoms with van der Waals surface area (Å²) in [6, 6.07) is 13.6. The van der Waals surface area contributed by atoms with Crippen LogP contribution in [-0.4, -0.2) is 12.7 Å².